The van der Waals surface area contributed by atoms with Gasteiger partial charge in [0, 0.05) is 19.0 Å². The number of carbonyl (C=O) groups is 2. The minimum Gasteiger partial charge on any atom is -0.332 e. The molecule has 1 heterocycles. The molecule has 1 aliphatic rings. The summed E-state index contributed by atoms with van der Waals surface area (Å²) in [6.07, 6.45) is 0.868. The van der Waals surface area contributed by atoms with Crippen molar-refractivity contribution in [3.05, 3.63) is 12.2 Å². The SMILES string of the molecule is C=C(CCl)CN1CC(=O)N(CCC)CC1=O. The van der Waals surface area contributed by atoms with Crippen LogP contribution in [0.3, 0.4) is 0 Å². The third kappa shape index (κ3) is 3.23. The van der Waals surface area contributed by atoms with E-state index in [0.29, 0.717) is 19.0 Å². The first kappa shape index (κ1) is 13.0. The molecule has 0 aromatic heterocycles. The van der Waals surface area contributed by atoms with E-state index >= 15 is 0 Å². The molecule has 0 atom stereocenters. The van der Waals surface area contributed by atoms with E-state index < -0.39 is 0 Å². The summed E-state index contributed by atoms with van der Waals surface area (Å²) in [4.78, 5) is 26.5. The van der Waals surface area contributed by atoms with Gasteiger partial charge in [0.1, 0.15) is 6.54 Å². The van der Waals surface area contributed by atoms with Gasteiger partial charge in [-0.05, 0) is 12.0 Å². The van der Waals surface area contributed by atoms with Gasteiger partial charge < -0.3 is 9.80 Å². The Kier molecular flexibility index (Phi) is 4.80. The molecule has 5 heteroatoms. The maximum atomic E-state index is 11.7. The summed E-state index contributed by atoms with van der Waals surface area (Å²) in [6, 6.07) is 0. The molecule has 1 aliphatic heterocycles. The molecule has 0 aromatic rings. The topological polar surface area (TPSA) is 40.6 Å². The van der Waals surface area contributed by atoms with Crippen LogP contribution in [0.2, 0.25) is 0 Å². The Bertz CT molecular complexity index is 304. The zero-order valence-corrected chi connectivity index (χ0v) is 10.3. The summed E-state index contributed by atoms with van der Waals surface area (Å²) in [5.41, 5.74) is 0.756. The van der Waals surface area contributed by atoms with Crippen molar-refractivity contribution in [1.29, 1.82) is 0 Å². The summed E-state index contributed by atoms with van der Waals surface area (Å²) < 4.78 is 0. The Morgan fingerprint density at radius 1 is 1.31 bits per heavy atom. The van der Waals surface area contributed by atoms with Crippen LogP contribution in [-0.2, 0) is 9.59 Å². The van der Waals surface area contributed by atoms with Gasteiger partial charge in [0.05, 0.1) is 6.54 Å². The molecule has 0 saturated carbocycles. The van der Waals surface area contributed by atoms with Gasteiger partial charge in [-0.3, -0.25) is 9.59 Å². The van der Waals surface area contributed by atoms with E-state index in [0.717, 1.165) is 12.0 Å². The lowest BCUT2D eigenvalue weighted by Gasteiger charge is -2.34. The van der Waals surface area contributed by atoms with Gasteiger partial charge in [-0.2, -0.15) is 0 Å². The van der Waals surface area contributed by atoms with Crippen molar-refractivity contribution in [1.82, 2.24) is 9.80 Å². The molecule has 90 valence electrons. The Hall–Kier alpha value is -1.03. The number of piperazine rings is 1. The van der Waals surface area contributed by atoms with Crippen LogP contribution < -0.4 is 0 Å². The highest BCUT2D eigenvalue weighted by Gasteiger charge is 2.29. The largest absolute Gasteiger partial charge is 0.332 e. The lowest BCUT2D eigenvalue weighted by Crippen LogP contribution is -2.54. The highest BCUT2D eigenvalue weighted by Crippen LogP contribution is 2.08. The van der Waals surface area contributed by atoms with Crippen LogP contribution in [0.5, 0.6) is 0 Å². The standard InChI is InChI=1S/C11H17ClN2O2/c1-3-4-13-7-11(16)14(8-10(13)15)6-9(2)5-12/h2-8H2,1H3. The normalized spacial score (nSPS) is 16.9. The second kappa shape index (κ2) is 5.89. The maximum Gasteiger partial charge on any atom is 0.242 e. The first-order valence-corrected chi connectivity index (χ1v) is 5.90. The number of hydrogen-bond donors (Lipinski definition) is 0. The third-order valence-corrected chi connectivity index (χ3v) is 2.83. The van der Waals surface area contributed by atoms with Gasteiger partial charge in [0.2, 0.25) is 11.8 Å². The van der Waals surface area contributed by atoms with Crippen LogP contribution in [0.15, 0.2) is 12.2 Å². The zero-order valence-electron chi connectivity index (χ0n) is 9.54. The minimum absolute atomic E-state index is 0.00354. The summed E-state index contributed by atoms with van der Waals surface area (Å²) >= 11 is 5.60. The first-order chi connectivity index (χ1) is 7.58. The minimum atomic E-state index is -0.0284. The fraction of sp³-hybridized carbons (Fsp3) is 0.636. The Labute approximate surface area is 101 Å². The number of halogens is 1. The average molecular weight is 245 g/mol. The van der Waals surface area contributed by atoms with Crippen molar-refractivity contribution in [2.75, 3.05) is 32.1 Å². The monoisotopic (exact) mass is 244 g/mol. The second-order valence-electron chi connectivity index (χ2n) is 3.95. The predicted octanol–water partition coefficient (Wildman–Crippen LogP) is 0.862. The van der Waals surface area contributed by atoms with Crippen molar-refractivity contribution >= 4 is 23.4 Å². The van der Waals surface area contributed by atoms with E-state index in [1.54, 1.807) is 4.90 Å². The van der Waals surface area contributed by atoms with E-state index in [4.69, 9.17) is 11.6 Å². The predicted molar refractivity (Wildman–Crippen MR) is 63.3 cm³/mol. The number of rotatable bonds is 5. The summed E-state index contributed by atoms with van der Waals surface area (Å²) in [7, 11) is 0. The molecule has 1 fully saturated rings. The molecule has 0 aliphatic carbocycles. The van der Waals surface area contributed by atoms with E-state index in [-0.39, 0.29) is 24.9 Å². The molecule has 16 heavy (non-hydrogen) atoms. The number of nitrogens with zero attached hydrogens (tertiary/aromatic N) is 2. The summed E-state index contributed by atoms with van der Waals surface area (Å²) in [5, 5.41) is 0. The van der Waals surface area contributed by atoms with Gasteiger partial charge in [-0.15, -0.1) is 11.6 Å². The van der Waals surface area contributed by atoms with Crippen LogP contribution in [0.4, 0.5) is 0 Å². The molecule has 0 spiro atoms. The van der Waals surface area contributed by atoms with Gasteiger partial charge in [-0.1, -0.05) is 13.5 Å². The van der Waals surface area contributed by atoms with Crippen LogP contribution >= 0.6 is 11.6 Å². The third-order valence-electron chi connectivity index (χ3n) is 2.45. The molecule has 0 unspecified atom stereocenters. The Morgan fingerprint density at radius 2 is 1.88 bits per heavy atom. The van der Waals surface area contributed by atoms with Gasteiger partial charge in [-0.25, -0.2) is 0 Å². The summed E-state index contributed by atoms with van der Waals surface area (Å²) in [6.45, 7) is 7.08. The highest BCUT2D eigenvalue weighted by molar-refractivity contribution is 6.19. The van der Waals surface area contributed by atoms with Gasteiger partial charge in [0.15, 0.2) is 0 Å². The molecule has 1 rings (SSSR count). The highest BCUT2D eigenvalue weighted by atomic mass is 35.5. The lowest BCUT2D eigenvalue weighted by molar-refractivity contribution is -0.149. The van der Waals surface area contributed by atoms with Crippen LogP contribution in [0.1, 0.15) is 13.3 Å². The molecular weight excluding hydrogens is 228 g/mol. The van der Waals surface area contributed by atoms with Crippen molar-refractivity contribution in [2.24, 2.45) is 0 Å². The van der Waals surface area contributed by atoms with Crippen molar-refractivity contribution in [2.45, 2.75) is 13.3 Å². The average Bonchev–Trinajstić information content (AvgIpc) is 2.25. The molecule has 0 N–H and O–H groups in total. The molecule has 0 aromatic carbocycles. The first-order valence-electron chi connectivity index (χ1n) is 5.36. The fourth-order valence-electron chi connectivity index (χ4n) is 1.63. The van der Waals surface area contributed by atoms with E-state index in [9.17, 15) is 9.59 Å². The van der Waals surface area contributed by atoms with Crippen molar-refractivity contribution < 1.29 is 9.59 Å². The van der Waals surface area contributed by atoms with Crippen molar-refractivity contribution in [3.8, 4) is 0 Å². The number of hydrogen-bond acceptors (Lipinski definition) is 2. The van der Waals surface area contributed by atoms with Gasteiger partial charge in [0.25, 0.3) is 0 Å². The van der Waals surface area contributed by atoms with Gasteiger partial charge >= 0.3 is 0 Å². The number of carbonyl (C=O) groups excluding carboxylic acids is 2. The van der Waals surface area contributed by atoms with Crippen LogP contribution in [0, 0.1) is 0 Å². The van der Waals surface area contributed by atoms with E-state index in [1.165, 1.54) is 4.90 Å². The molecular formula is C11H17ClN2O2. The quantitative estimate of drug-likeness (QED) is 0.532. The number of alkyl halides is 1. The van der Waals surface area contributed by atoms with Crippen LogP contribution in [0.25, 0.3) is 0 Å². The number of amides is 2. The lowest BCUT2D eigenvalue weighted by atomic mass is 10.2. The van der Waals surface area contributed by atoms with E-state index in [2.05, 4.69) is 6.58 Å². The summed E-state index contributed by atoms with van der Waals surface area (Å²) in [5.74, 6) is 0.291. The smallest absolute Gasteiger partial charge is 0.242 e. The van der Waals surface area contributed by atoms with Crippen LogP contribution in [-0.4, -0.2) is 53.7 Å². The molecule has 0 radical (unpaired) electrons. The second-order valence-corrected chi connectivity index (χ2v) is 4.22. The zero-order chi connectivity index (χ0) is 12.1. The molecule has 2 amide bonds. The fourth-order valence-corrected chi connectivity index (χ4v) is 1.72. The molecule has 0 bridgehead atoms. The van der Waals surface area contributed by atoms with Crippen molar-refractivity contribution in [3.63, 3.8) is 0 Å². The molecule has 1 saturated heterocycles. The maximum absolute atomic E-state index is 11.7. The Balaban J connectivity index is 2.56. The Morgan fingerprint density at radius 3 is 2.44 bits per heavy atom. The van der Waals surface area contributed by atoms with E-state index in [1.807, 2.05) is 6.92 Å². The molecule has 4 nitrogen and oxygen atoms in total.